The number of fused-ring (bicyclic) bond motifs is 1. The van der Waals surface area contributed by atoms with E-state index in [1.54, 1.807) is 16.9 Å². The Kier molecular flexibility index (Phi) is 3.16. The molecule has 0 aliphatic heterocycles. The minimum Gasteiger partial charge on any atom is -0.274 e. The Hall–Kier alpha value is -1.59. The third kappa shape index (κ3) is 2.19. The predicted octanol–water partition coefficient (Wildman–Crippen LogP) is 2.59. The summed E-state index contributed by atoms with van der Waals surface area (Å²) < 4.78 is 3.65. The summed E-state index contributed by atoms with van der Waals surface area (Å²) in [5.74, 6) is 2.10. The molecule has 0 amide bonds. The van der Waals surface area contributed by atoms with Crippen LogP contribution < -0.4 is 0 Å². The first kappa shape index (κ1) is 12.4. The second-order valence-electron chi connectivity index (χ2n) is 4.15. The van der Waals surface area contributed by atoms with Crippen molar-refractivity contribution in [2.45, 2.75) is 6.42 Å². The fourth-order valence-corrected chi connectivity index (χ4v) is 2.32. The highest BCUT2D eigenvalue weighted by molar-refractivity contribution is 6.31. The zero-order valence-electron chi connectivity index (χ0n) is 10.2. The van der Waals surface area contributed by atoms with Gasteiger partial charge in [0, 0.05) is 37.8 Å². The molecule has 0 saturated heterocycles. The Morgan fingerprint density at radius 3 is 2.89 bits per heavy atom. The van der Waals surface area contributed by atoms with E-state index in [1.165, 1.54) is 0 Å². The van der Waals surface area contributed by atoms with Crippen molar-refractivity contribution in [3.05, 3.63) is 35.4 Å². The summed E-state index contributed by atoms with van der Waals surface area (Å²) in [6, 6.07) is 3.70. The molecule has 0 aliphatic carbocycles. The maximum atomic E-state index is 5.95. The lowest BCUT2D eigenvalue weighted by atomic mass is 10.4. The van der Waals surface area contributed by atoms with Crippen molar-refractivity contribution in [1.82, 2.24) is 24.3 Å². The van der Waals surface area contributed by atoms with Crippen LogP contribution in [0.25, 0.3) is 17.0 Å². The van der Waals surface area contributed by atoms with Gasteiger partial charge >= 0.3 is 0 Å². The van der Waals surface area contributed by atoms with Gasteiger partial charge < -0.3 is 0 Å². The van der Waals surface area contributed by atoms with Gasteiger partial charge in [0.25, 0.3) is 0 Å². The topological polar surface area (TPSA) is 48.5 Å². The molecule has 0 unspecified atom stereocenters. The summed E-state index contributed by atoms with van der Waals surface area (Å²) in [6.07, 6.45) is 4.13. The average Bonchev–Trinajstić information content (AvgIpc) is 2.92. The summed E-state index contributed by atoms with van der Waals surface area (Å²) in [5.41, 5.74) is 1.49. The number of aryl methyl sites for hydroxylation is 2. The molecular weight excluding hydrogens is 285 g/mol. The van der Waals surface area contributed by atoms with Crippen molar-refractivity contribution in [3.8, 4) is 5.82 Å². The Bertz CT molecular complexity index is 731. The minimum absolute atomic E-state index is 0.490. The lowest BCUT2D eigenvalue weighted by Crippen LogP contribution is -2.04. The van der Waals surface area contributed by atoms with Crippen molar-refractivity contribution in [2.75, 3.05) is 5.88 Å². The van der Waals surface area contributed by atoms with E-state index < -0.39 is 0 Å². The molecule has 98 valence electrons. The van der Waals surface area contributed by atoms with E-state index in [0.717, 1.165) is 22.8 Å². The number of pyridine rings is 1. The quantitative estimate of drug-likeness (QED) is 0.698. The van der Waals surface area contributed by atoms with E-state index in [9.17, 15) is 0 Å². The zero-order valence-corrected chi connectivity index (χ0v) is 11.7. The van der Waals surface area contributed by atoms with Crippen molar-refractivity contribution >= 4 is 34.4 Å². The van der Waals surface area contributed by atoms with Crippen LogP contribution in [0.2, 0.25) is 5.02 Å². The summed E-state index contributed by atoms with van der Waals surface area (Å²) in [7, 11) is 1.87. The first-order valence-corrected chi connectivity index (χ1v) is 6.69. The number of hydrogen-bond acceptors (Lipinski definition) is 3. The fraction of sp³-hybridized carbons (Fsp3) is 0.250. The van der Waals surface area contributed by atoms with E-state index >= 15 is 0 Å². The van der Waals surface area contributed by atoms with Gasteiger partial charge in [-0.2, -0.15) is 5.10 Å². The summed E-state index contributed by atoms with van der Waals surface area (Å²) in [6.45, 7) is 0. The zero-order chi connectivity index (χ0) is 13.4. The molecule has 0 aromatic carbocycles. The smallest absolute Gasteiger partial charge is 0.166 e. The SMILES string of the molecule is Cn1ccc(-n2c(CCCl)nc3cc(Cl)cnc32)n1. The van der Waals surface area contributed by atoms with Gasteiger partial charge in [0.2, 0.25) is 0 Å². The molecule has 0 N–H and O–H groups in total. The molecule has 0 atom stereocenters. The van der Waals surface area contributed by atoms with E-state index in [4.69, 9.17) is 23.2 Å². The van der Waals surface area contributed by atoms with Gasteiger partial charge in [-0.25, -0.2) is 9.97 Å². The molecule has 3 aromatic rings. The molecule has 3 heterocycles. The molecule has 3 aromatic heterocycles. The first-order chi connectivity index (χ1) is 9.19. The lowest BCUT2D eigenvalue weighted by molar-refractivity contribution is 0.745. The van der Waals surface area contributed by atoms with Gasteiger partial charge in [0.15, 0.2) is 11.5 Å². The Balaban J connectivity index is 2.27. The molecule has 5 nitrogen and oxygen atoms in total. The van der Waals surface area contributed by atoms with Gasteiger partial charge in [-0.05, 0) is 6.07 Å². The van der Waals surface area contributed by atoms with Crippen molar-refractivity contribution in [3.63, 3.8) is 0 Å². The van der Waals surface area contributed by atoms with E-state index in [-0.39, 0.29) is 0 Å². The molecule has 0 fully saturated rings. The van der Waals surface area contributed by atoms with E-state index in [2.05, 4.69) is 15.1 Å². The standard InChI is InChI=1S/C12H11Cl2N5/c1-18-5-3-11(17-18)19-10(2-4-13)16-9-6-8(14)7-15-12(9)19/h3,5-7H,2,4H2,1H3. The number of nitrogens with zero attached hydrogens (tertiary/aromatic N) is 5. The largest absolute Gasteiger partial charge is 0.274 e. The van der Waals surface area contributed by atoms with Crippen LogP contribution >= 0.6 is 23.2 Å². The summed E-state index contributed by atoms with van der Waals surface area (Å²) in [5, 5.41) is 4.96. The highest BCUT2D eigenvalue weighted by Gasteiger charge is 2.15. The highest BCUT2D eigenvalue weighted by atomic mass is 35.5. The van der Waals surface area contributed by atoms with Crippen molar-refractivity contribution in [1.29, 1.82) is 0 Å². The minimum atomic E-state index is 0.490. The van der Waals surface area contributed by atoms with Crippen molar-refractivity contribution < 1.29 is 0 Å². The average molecular weight is 296 g/mol. The van der Waals surface area contributed by atoms with Crippen LogP contribution in [-0.4, -0.2) is 30.2 Å². The van der Waals surface area contributed by atoms with Gasteiger partial charge in [-0.1, -0.05) is 11.6 Å². The third-order valence-electron chi connectivity index (χ3n) is 2.78. The number of rotatable bonds is 3. The van der Waals surface area contributed by atoms with Crippen LogP contribution in [-0.2, 0) is 13.5 Å². The van der Waals surface area contributed by atoms with Crippen molar-refractivity contribution in [2.24, 2.45) is 7.05 Å². The van der Waals surface area contributed by atoms with Crippen LogP contribution in [0.5, 0.6) is 0 Å². The maximum Gasteiger partial charge on any atom is 0.166 e. The summed E-state index contributed by atoms with van der Waals surface area (Å²) >= 11 is 11.8. The van der Waals surface area contributed by atoms with Gasteiger partial charge in [0.05, 0.1) is 5.02 Å². The van der Waals surface area contributed by atoms with Crippen LogP contribution in [0.3, 0.4) is 0 Å². The second-order valence-corrected chi connectivity index (χ2v) is 4.96. The van der Waals surface area contributed by atoms with Gasteiger partial charge in [-0.3, -0.25) is 9.25 Å². The second kappa shape index (κ2) is 4.83. The van der Waals surface area contributed by atoms with Crippen LogP contribution in [0.15, 0.2) is 24.5 Å². The monoisotopic (exact) mass is 295 g/mol. The number of halogens is 2. The molecule has 0 bridgehead atoms. The Morgan fingerprint density at radius 1 is 1.37 bits per heavy atom. The molecule has 0 aliphatic rings. The van der Waals surface area contributed by atoms with E-state index in [0.29, 0.717) is 17.3 Å². The van der Waals surface area contributed by atoms with Crippen LogP contribution in [0.4, 0.5) is 0 Å². The molecular formula is C12H11Cl2N5. The molecule has 0 radical (unpaired) electrons. The van der Waals surface area contributed by atoms with Crippen LogP contribution in [0, 0.1) is 0 Å². The van der Waals surface area contributed by atoms with Gasteiger partial charge in [-0.15, -0.1) is 11.6 Å². The highest BCUT2D eigenvalue weighted by Crippen LogP contribution is 2.21. The Morgan fingerprint density at radius 2 is 2.21 bits per heavy atom. The lowest BCUT2D eigenvalue weighted by Gasteiger charge is -2.03. The normalized spacial score (nSPS) is 11.3. The number of alkyl halides is 1. The predicted molar refractivity (Wildman–Crippen MR) is 75.1 cm³/mol. The Labute approximate surface area is 119 Å². The fourth-order valence-electron chi connectivity index (χ4n) is 2.00. The number of aromatic nitrogens is 5. The molecule has 0 spiro atoms. The third-order valence-corrected chi connectivity index (χ3v) is 3.18. The maximum absolute atomic E-state index is 5.95. The first-order valence-electron chi connectivity index (χ1n) is 5.78. The van der Waals surface area contributed by atoms with Gasteiger partial charge in [0.1, 0.15) is 11.3 Å². The van der Waals surface area contributed by atoms with E-state index in [1.807, 2.05) is 23.9 Å². The molecule has 0 saturated carbocycles. The number of imidazole rings is 1. The number of hydrogen-bond donors (Lipinski definition) is 0. The molecule has 7 heteroatoms. The summed E-state index contributed by atoms with van der Waals surface area (Å²) in [4.78, 5) is 8.88. The molecule has 3 rings (SSSR count). The molecule has 19 heavy (non-hydrogen) atoms. The van der Waals surface area contributed by atoms with Crippen LogP contribution in [0.1, 0.15) is 5.82 Å².